The van der Waals surface area contributed by atoms with E-state index in [0.717, 1.165) is 0 Å². The second-order valence-electron chi connectivity index (χ2n) is 6.45. The average Bonchev–Trinajstić information content (AvgIpc) is 2.48. The monoisotopic (exact) mass is 346 g/mol. The highest BCUT2D eigenvalue weighted by Crippen LogP contribution is 2.03. The van der Waals surface area contributed by atoms with Crippen molar-refractivity contribution in [2.24, 2.45) is 11.7 Å². The molecular weight excluding hydrogens is 312 g/mol. The minimum absolute atomic E-state index is 0.0378. The number of aliphatic hydroxyl groups is 1. The zero-order valence-corrected chi connectivity index (χ0v) is 15.7. The van der Waals surface area contributed by atoms with Gasteiger partial charge in [-0.25, -0.2) is 0 Å². The molecule has 3 unspecified atom stereocenters. The van der Waals surface area contributed by atoms with Crippen molar-refractivity contribution >= 4 is 17.5 Å². The highest BCUT2D eigenvalue weighted by Gasteiger charge is 2.20. The van der Waals surface area contributed by atoms with E-state index < -0.39 is 18.1 Å². The molecule has 5 N–H and O–H groups in total. The molecule has 0 saturated heterocycles. The summed E-state index contributed by atoms with van der Waals surface area (Å²) in [6.07, 6.45) is 0.121. The van der Waals surface area contributed by atoms with Crippen LogP contribution in [0.5, 0.6) is 0 Å². The Labute approximate surface area is 145 Å². The van der Waals surface area contributed by atoms with Crippen LogP contribution in [0.1, 0.15) is 60.8 Å². The van der Waals surface area contributed by atoms with E-state index >= 15 is 0 Å². The molecule has 7 nitrogen and oxygen atoms in total. The summed E-state index contributed by atoms with van der Waals surface area (Å²) in [6, 6.07) is -0.833. The highest BCUT2D eigenvalue weighted by molar-refractivity contribution is 5.86. The topological polar surface area (TPSA) is 130 Å². The summed E-state index contributed by atoms with van der Waals surface area (Å²) in [7, 11) is 0. The Hall–Kier alpha value is -1.31. The van der Waals surface area contributed by atoms with Crippen LogP contribution < -0.4 is 11.1 Å². The van der Waals surface area contributed by atoms with Gasteiger partial charge in [-0.2, -0.15) is 0 Å². The van der Waals surface area contributed by atoms with Crippen molar-refractivity contribution in [1.29, 1.82) is 0 Å². The van der Waals surface area contributed by atoms with E-state index in [-0.39, 0.29) is 36.0 Å². The molecule has 3 atom stereocenters. The lowest BCUT2D eigenvalue weighted by molar-refractivity contribution is -0.137. The van der Waals surface area contributed by atoms with Crippen molar-refractivity contribution in [3.05, 3.63) is 0 Å². The predicted octanol–water partition coefficient (Wildman–Crippen LogP) is 1.12. The number of ketones is 2. The SMILES string of the molecule is CC(C)C(=O)C(N)C(C)O.CCC(=O)C(CCC(=O)O)NC(C)C. The molecule has 0 fully saturated rings. The summed E-state index contributed by atoms with van der Waals surface area (Å²) in [5.41, 5.74) is 5.36. The van der Waals surface area contributed by atoms with Gasteiger partial charge in [-0.05, 0) is 13.3 Å². The number of carbonyl (C=O) groups excluding carboxylic acids is 2. The standard InChI is InChI=1S/C10H19NO3.C7H15NO2/c1-4-9(12)8(11-7(2)3)5-6-10(13)14;1-4(2)7(10)6(8)5(3)9/h7-8,11H,4-6H2,1-3H3,(H,13,14);4-6,9H,8H2,1-3H3. The van der Waals surface area contributed by atoms with Crippen LogP contribution in [0, 0.1) is 5.92 Å². The van der Waals surface area contributed by atoms with Gasteiger partial charge in [0.2, 0.25) is 0 Å². The lowest BCUT2D eigenvalue weighted by Crippen LogP contribution is -2.42. The van der Waals surface area contributed by atoms with Gasteiger partial charge in [-0.1, -0.05) is 34.6 Å². The number of hydrogen-bond donors (Lipinski definition) is 4. The Balaban J connectivity index is 0. The summed E-state index contributed by atoms with van der Waals surface area (Å²) in [5, 5.41) is 20.5. The largest absolute Gasteiger partial charge is 0.481 e. The first-order chi connectivity index (χ1) is 10.9. The van der Waals surface area contributed by atoms with Gasteiger partial charge in [-0.15, -0.1) is 0 Å². The molecular formula is C17H34N2O5. The van der Waals surface area contributed by atoms with Crippen molar-refractivity contribution in [3.8, 4) is 0 Å². The van der Waals surface area contributed by atoms with E-state index in [2.05, 4.69) is 5.32 Å². The zero-order valence-electron chi connectivity index (χ0n) is 15.7. The van der Waals surface area contributed by atoms with E-state index in [4.69, 9.17) is 15.9 Å². The summed E-state index contributed by atoms with van der Waals surface area (Å²) < 4.78 is 0. The molecule has 0 aromatic rings. The van der Waals surface area contributed by atoms with Gasteiger partial charge >= 0.3 is 5.97 Å². The van der Waals surface area contributed by atoms with E-state index in [9.17, 15) is 14.4 Å². The predicted molar refractivity (Wildman–Crippen MR) is 93.7 cm³/mol. The van der Waals surface area contributed by atoms with E-state index in [1.165, 1.54) is 6.92 Å². The molecule has 0 saturated carbocycles. The maximum absolute atomic E-state index is 11.4. The Morgan fingerprint density at radius 3 is 1.83 bits per heavy atom. The van der Waals surface area contributed by atoms with Crippen LogP contribution in [0.15, 0.2) is 0 Å². The molecule has 0 radical (unpaired) electrons. The number of nitrogens with one attached hydrogen (secondary N) is 1. The Morgan fingerprint density at radius 1 is 1.08 bits per heavy atom. The maximum atomic E-state index is 11.4. The smallest absolute Gasteiger partial charge is 0.303 e. The van der Waals surface area contributed by atoms with Gasteiger partial charge in [0.25, 0.3) is 0 Å². The molecule has 24 heavy (non-hydrogen) atoms. The third-order valence-corrected chi connectivity index (χ3v) is 3.34. The van der Waals surface area contributed by atoms with Crippen molar-refractivity contribution in [1.82, 2.24) is 5.32 Å². The molecule has 142 valence electrons. The second kappa shape index (κ2) is 13.0. The molecule has 7 heteroatoms. The van der Waals surface area contributed by atoms with Crippen molar-refractivity contribution in [3.63, 3.8) is 0 Å². The normalized spacial score (nSPS) is 14.6. The maximum Gasteiger partial charge on any atom is 0.303 e. The molecule has 0 aromatic carbocycles. The van der Waals surface area contributed by atoms with Crippen LogP contribution in [0.3, 0.4) is 0 Å². The lowest BCUT2D eigenvalue weighted by atomic mass is 9.99. The summed E-state index contributed by atoms with van der Waals surface area (Å²) >= 11 is 0. The van der Waals surface area contributed by atoms with Gasteiger partial charge in [0, 0.05) is 24.8 Å². The Kier molecular flexibility index (Phi) is 13.5. The van der Waals surface area contributed by atoms with Gasteiger partial charge in [0.15, 0.2) is 5.78 Å². The van der Waals surface area contributed by atoms with E-state index in [1.807, 2.05) is 13.8 Å². The molecule has 0 aliphatic carbocycles. The quantitative estimate of drug-likeness (QED) is 0.466. The number of carbonyl (C=O) groups is 3. The van der Waals surface area contributed by atoms with Crippen LogP contribution in [-0.2, 0) is 14.4 Å². The molecule has 0 aromatic heterocycles. The number of hydrogen-bond acceptors (Lipinski definition) is 6. The highest BCUT2D eigenvalue weighted by atomic mass is 16.4. The number of aliphatic carboxylic acids is 1. The zero-order chi connectivity index (χ0) is 19.4. The molecule has 0 aliphatic heterocycles. The molecule has 0 aliphatic rings. The van der Waals surface area contributed by atoms with E-state index in [1.54, 1.807) is 20.8 Å². The number of carboxylic acid groups (broad SMARTS) is 1. The van der Waals surface area contributed by atoms with Crippen LogP contribution in [0.25, 0.3) is 0 Å². The number of aliphatic hydroxyl groups excluding tert-OH is 1. The fraction of sp³-hybridized carbons (Fsp3) is 0.824. The first-order valence-electron chi connectivity index (χ1n) is 8.41. The van der Waals surface area contributed by atoms with Crippen LogP contribution >= 0.6 is 0 Å². The average molecular weight is 346 g/mol. The van der Waals surface area contributed by atoms with Gasteiger partial charge in [0.1, 0.15) is 5.78 Å². The molecule has 0 bridgehead atoms. The van der Waals surface area contributed by atoms with Gasteiger partial charge in [0.05, 0.1) is 18.2 Å². The third kappa shape index (κ3) is 12.2. The van der Waals surface area contributed by atoms with Gasteiger partial charge < -0.3 is 21.3 Å². The minimum Gasteiger partial charge on any atom is -0.481 e. The fourth-order valence-corrected chi connectivity index (χ4v) is 1.88. The van der Waals surface area contributed by atoms with Crippen molar-refractivity contribution in [2.45, 2.75) is 85.0 Å². The lowest BCUT2D eigenvalue weighted by Gasteiger charge is -2.18. The third-order valence-electron chi connectivity index (χ3n) is 3.34. The molecule has 0 amide bonds. The van der Waals surface area contributed by atoms with Crippen molar-refractivity contribution < 1.29 is 24.6 Å². The number of nitrogens with two attached hydrogens (primary N) is 1. The second-order valence-corrected chi connectivity index (χ2v) is 6.45. The van der Waals surface area contributed by atoms with Crippen LogP contribution in [0.2, 0.25) is 0 Å². The Morgan fingerprint density at radius 2 is 1.58 bits per heavy atom. The molecule has 0 rings (SSSR count). The summed E-state index contributed by atoms with van der Waals surface area (Å²) in [4.78, 5) is 32.8. The van der Waals surface area contributed by atoms with E-state index in [0.29, 0.717) is 12.8 Å². The Bertz CT molecular complexity index is 394. The number of rotatable bonds is 10. The molecule has 0 spiro atoms. The first kappa shape index (κ1) is 24.9. The van der Waals surface area contributed by atoms with Crippen LogP contribution in [0.4, 0.5) is 0 Å². The van der Waals surface area contributed by atoms with Crippen molar-refractivity contribution in [2.75, 3.05) is 0 Å². The number of carboxylic acids is 1. The number of Topliss-reactive ketones (excluding diaryl/α,β-unsaturated/α-hetero) is 2. The summed E-state index contributed by atoms with van der Waals surface area (Å²) in [6.45, 7) is 10.7. The summed E-state index contributed by atoms with van der Waals surface area (Å²) in [5.74, 6) is -0.955. The van der Waals surface area contributed by atoms with Crippen LogP contribution in [-0.4, -0.2) is 52.0 Å². The fourth-order valence-electron chi connectivity index (χ4n) is 1.88. The first-order valence-corrected chi connectivity index (χ1v) is 8.41. The molecule has 0 heterocycles. The minimum atomic E-state index is -0.857. The van der Waals surface area contributed by atoms with Gasteiger partial charge in [-0.3, -0.25) is 14.4 Å².